The van der Waals surface area contributed by atoms with Gasteiger partial charge in [-0.25, -0.2) is 4.39 Å². The van der Waals surface area contributed by atoms with Gasteiger partial charge in [-0.2, -0.15) is 0 Å². The summed E-state index contributed by atoms with van der Waals surface area (Å²) in [4.78, 5) is 23.6. The maximum absolute atomic E-state index is 14.0. The number of ether oxygens (including phenoxy) is 1. The smallest absolute Gasteiger partial charge is 0.308 e. The number of carbonyl (C=O) groups is 2. The summed E-state index contributed by atoms with van der Waals surface area (Å²) in [5, 5.41) is 0. The molecule has 0 N–H and O–H groups in total. The number of hydrogen-bond acceptors (Lipinski definition) is 3. The van der Waals surface area contributed by atoms with E-state index in [-0.39, 0.29) is 25.2 Å². The van der Waals surface area contributed by atoms with Crippen LogP contribution >= 0.6 is 0 Å². The zero-order valence-electron chi connectivity index (χ0n) is 9.09. The standard InChI is InChI=1S/C10H16FNO3/c1-8(13)12-5-3-10(11,4-6-12)7-9(14)15-2/h3-7H2,1-2H3. The van der Waals surface area contributed by atoms with Crippen molar-refractivity contribution in [3.8, 4) is 0 Å². The largest absolute Gasteiger partial charge is 0.469 e. The van der Waals surface area contributed by atoms with Gasteiger partial charge in [0.25, 0.3) is 0 Å². The van der Waals surface area contributed by atoms with Crippen molar-refractivity contribution in [1.29, 1.82) is 0 Å². The van der Waals surface area contributed by atoms with E-state index in [1.54, 1.807) is 4.90 Å². The predicted molar refractivity (Wildman–Crippen MR) is 52.0 cm³/mol. The Morgan fingerprint density at radius 2 is 1.93 bits per heavy atom. The van der Waals surface area contributed by atoms with Gasteiger partial charge >= 0.3 is 5.97 Å². The highest BCUT2D eigenvalue weighted by atomic mass is 19.1. The Labute approximate surface area is 88.4 Å². The van der Waals surface area contributed by atoms with E-state index in [1.165, 1.54) is 14.0 Å². The van der Waals surface area contributed by atoms with Crippen LogP contribution in [0.4, 0.5) is 4.39 Å². The lowest BCUT2D eigenvalue weighted by molar-refractivity contribution is -0.145. The molecule has 0 spiro atoms. The molecular formula is C10H16FNO3. The minimum Gasteiger partial charge on any atom is -0.469 e. The summed E-state index contributed by atoms with van der Waals surface area (Å²) in [5.41, 5.74) is -1.50. The molecule has 0 aliphatic carbocycles. The van der Waals surface area contributed by atoms with E-state index >= 15 is 0 Å². The monoisotopic (exact) mass is 217 g/mol. The van der Waals surface area contributed by atoms with Crippen LogP contribution in [0.25, 0.3) is 0 Å². The molecule has 0 atom stereocenters. The first-order chi connectivity index (χ1) is 6.97. The summed E-state index contributed by atoms with van der Waals surface area (Å²) >= 11 is 0. The predicted octanol–water partition coefficient (Wildman–Crippen LogP) is 0.900. The van der Waals surface area contributed by atoms with Gasteiger partial charge in [-0.1, -0.05) is 0 Å². The Hall–Kier alpha value is -1.13. The zero-order valence-corrected chi connectivity index (χ0v) is 9.09. The Balaban J connectivity index is 2.47. The molecule has 86 valence electrons. The number of esters is 1. The molecule has 1 fully saturated rings. The van der Waals surface area contributed by atoms with Crippen molar-refractivity contribution in [2.45, 2.75) is 31.9 Å². The molecule has 15 heavy (non-hydrogen) atoms. The van der Waals surface area contributed by atoms with E-state index in [4.69, 9.17) is 0 Å². The van der Waals surface area contributed by atoms with Crippen molar-refractivity contribution < 1.29 is 18.7 Å². The highest BCUT2D eigenvalue weighted by Gasteiger charge is 2.37. The van der Waals surface area contributed by atoms with E-state index < -0.39 is 11.6 Å². The number of halogens is 1. The summed E-state index contributed by atoms with van der Waals surface area (Å²) in [6.45, 7) is 2.22. The van der Waals surface area contributed by atoms with Crippen LogP contribution in [0, 0.1) is 0 Å². The third-order valence-electron chi connectivity index (χ3n) is 2.79. The van der Waals surface area contributed by atoms with Crippen LogP contribution in [-0.2, 0) is 14.3 Å². The number of nitrogens with zero attached hydrogens (tertiary/aromatic N) is 1. The number of rotatable bonds is 2. The van der Waals surface area contributed by atoms with Crippen LogP contribution in [0.1, 0.15) is 26.2 Å². The molecule has 0 aromatic rings. The Morgan fingerprint density at radius 3 is 2.33 bits per heavy atom. The number of hydrogen-bond donors (Lipinski definition) is 0. The van der Waals surface area contributed by atoms with Crippen molar-refractivity contribution in [3.63, 3.8) is 0 Å². The molecule has 1 amide bonds. The van der Waals surface area contributed by atoms with Gasteiger partial charge in [-0.05, 0) is 12.8 Å². The molecule has 1 aliphatic rings. The van der Waals surface area contributed by atoms with Crippen molar-refractivity contribution in [2.24, 2.45) is 0 Å². The Morgan fingerprint density at radius 1 is 1.40 bits per heavy atom. The first-order valence-electron chi connectivity index (χ1n) is 4.98. The Kier molecular flexibility index (Phi) is 3.66. The number of likely N-dealkylation sites (tertiary alicyclic amines) is 1. The normalized spacial score (nSPS) is 19.8. The van der Waals surface area contributed by atoms with Crippen LogP contribution in [0.3, 0.4) is 0 Å². The third-order valence-corrected chi connectivity index (χ3v) is 2.79. The van der Waals surface area contributed by atoms with Crippen LogP contribution in [0.5, 0.6) is 0 Å². The quantitative estimate of drug-likeness (QED) is 0.646. The van der Waals surface area contributed by atoms with E-state index in [2.05, 4.69) is 4.74 Å². The molecule has 5 heteroatoms. The van der Waals surface area contributed by atoms with Gasteiger partial charge in [0.05, 0.1) is 13.5 Å². The summed E-state index contributed by atoms with van der Waals surface area (Å²) in [6.07, 6.45) is 0.207. The lowest BCUT2D eigenvalue weighted by Gasteiger charge is -2.35. The molecule has 1 rings (SSSR count). The lowest BCUT2D eigenvalue weighted by Crippen LogP contribution is -2.44. The number of carbonyl (C=O) groups excluding carboxylic acids is 2. The van der Waals surface area contributed by atoms with Crippen molar-refractivity contribution >= 4 is 11.9 Å². The van der Waals surface area contributed by atoms with E-state index in [0.29, 0.717) is 13.1 Å². The average molecular weight is 217 g/mol. The molecule has 0 saturated carbocycles. The van der Waals surface area contributed by atoms with Crippen molar-refractivity contribution in [2.75, 3.05) is 20.2 Å². The second kappa shape index (κ2) is 4.59. The topological polar surface area (TPSA) is 46.6 Å². The van der Waals surface area contributed by atoms with E-state index in [9.17, 15) is 14.0 Å². The molecule has 0 aromatic heterocycles. The minimum atomic E-state index is -1.50. The van der Waals surface area contributed by atoms with Gasteiger partial charge in [0.2, 0.25) is 5.91 Å². The maximum atomic E-state index is 14.0. The molecule has 1 heterocycles. The van der Waals surface area contributed by atoms with Gasteiger partial charge < -0.3 is 9.64 Å². The highest BCUT2D eigenvalue weighted by Crippen LogP contribution is 2.30. The zero-order chi connectivity index (χ0) is 11.5. The van der Waals surface area contributed by atoms with E-state index in [1.807, 2.05) is 0 Å². The molecular weight excluding hydrogens is 201 g/mol. The lowest BCUT2D eigenvalue weighted by atomic mass is 9.90. The van der Waals surface area contributed by atoms with Gasteiger partial charge in [-0.15, -0.1) is 0 Å². The second-order valence-corrected chi connectivity index (χ2v) is 3.91. The fraction of sp³-hybridized carbons (Fsp3) is 0.800. The van der Waals surface area contributed by atoms with Crippen molar-refractivity contribution in [3.05, 3.63) is 0 Å². The average Bonchev–Trinajstić information content (AvgIpc) is 2.17. The van der Waals surface area contributed by atoms with Gasteiger partial charge in [0.15, 0.2) is 0 Å². The van der Waals surface area contributed by atoms with Crippen LogP contribution in [-0.4, -0.2) is 42.6 Å². The fourth-order valence-corrected chi connectivity index (χ4v) is 1.73. The highest BCUT2D eigenvalue weighted by molar-refractivity contribution is 5.73. The summed E-state index contributed by atoms with van der Waals surface area (Å²) in [6, 6.07) is 0. The first kappa shape index (κ1) is 11.9. The number of alkyl halides is 1. The van der Waals surface area contributed by atoms with Crippen molar-refractivity contribution in [1.82, 2.24) is 4.90 Å². The second-order valence-electron chi connectivity index (χ2n) is 3.91. The maximum Gasteiger partial charge on any atom is 0.308 e. The van der Waals surface area contributed by atoms with Gasteiger partial charge in [-0.3, -0.25) is 9.59 Å². The minimum absolute atomic E-state index is 0.0462. The Bertz CT molecular complexity index is 259. The molecule has 0 unspecified atom stereocenters. The van der Waals surface area contributed by atoms with E-state index in [0.717, 1.165) is 0 Å². The fourth-order valence-electron chi connectivity index (χ4n) is 1.73. The molecule has 0 aromatic carbocycles. The van der Waals surface area contributed by atoms with Crippen LogP contribution < -0.4 is 0 Å². The number of amides is 1. The van der Waals surface area contributed by atoms with Gasteiger partial charge in [0.1, 0.15) is 5.67 Å². The molecule has 4 nitrogen and oxygen atoms in total. The third kappa shape index (κ3) is 3.18. The molecule has 0 bridgehead atoms. The number of methoxy groups -OCH3 is 1. The molecule has 1 saturated heterocycles. The summed E-state index contributed by atoms with van der Waals surface area (Å²) in [5.74, 6) is -0.580. The summed E-state index contributed by atoms with van der Waals surface area (Å²) < 4.78 is 18.4. The van der Waals surface area contributed by atoms with Crippen LogP contribution in [0.2, 0.25) is 0 Å². The van der Waals surface area contributed by atoms with Gasteiger partial charge in [0, 0.05) is 20.0 Å². The molecule has 0 radical (unpaired) electrons. The SMILES string of the molecule is COC(=O)CC1(F)CCN(C(C)=O)CC1. The van der Waals surface area contributed by atoms with Crippen LogP contribution in [0.15, 0.2) is 0 Å². The first-order valence-corrected chi connectivity index (χ1v) is 4.98. The number of piperidine rings is 1. The molecule has 1 aliphatic heterocycles. The summed E-state index contributed by atoms with van der Waals surface area (Å²) in [7, 11) is 1.25.